The van der Waals surface area contributed by atoms with Gasteiger partial charge in [0.1, 0.15) is 5.82 Å². The van der Waals surface area contributed by atoms with E-state index in [-0.39, 0.29) is 11.4 Å². The van der Waals surface area contributed by atoms with Crippen molar-refractivity contribution < 1.29 is 4.39 Å². The number of aromatic nitrogens is 2. The van der Waals surface area contributed by atoms with Gasteiger partial charge in [0.25, 0.3) is 5.56 Å². The van der Waals surface area contributed by atoms with Crippen LogP contribution in [0.25, 0.3) is 11.3 Å². The maximum absolute atomic E-state index is 12.6. The van der Waals surface area contributed by atoms with Crippen molar-refractivity contribution in [2.24, 2.45) is 7.05 Å². The molecule has 0 aliphatic rings. The lowest BCUT2D eigenvalue weighted by molar-refractivity contribution is 0.628. The van der Waals surface area contributed by atoms with Gasteiger partial charge in [0.15, 0.2) is 0 Å². The van der Waals surface area contributed by atoms with E-state index in [0.29, 0.717) is 0 Å². The van der Waals surface area contributed by atoms with E-state index in [2.05, 4.69) is 5.10 Å². The predicted molar refractivity (Wildman–Crippen MR) is 51.4 cm³/mol. The number of H-pyrrole nitrogens is 1. The fourth-order valence-electron chi connectivity index (χ4n) is 1.38. The SMILES string of the molecule is Cn1[nH]c(=O)cc1-c1ccc(F)cc1. The molecule has 1 aromatic carbocycles. The molecule has 0 aliphatic carbocycles. The number of nitrogens with one attached hydrogen (secondary N) is 1. The molecule has 1 N–H and O–H groups in total. The van der Waals surface area contributed by atoms with Crippen molar-refractivity contribution in [3.05, 3.63) is 46.5 Å². The summed E-state index contributed by atoms with van der Waals surface area (Å²) in [6.45, 7) is 0. The van der Waals surface area contributed by atoms with Gasteiger partial charge >= 0.3 is 0 Å². The third kappa shape index (κ3) is 1.46. The average Bonchev–Trinajstić information content (AvgIpc) is 2.47. The summed E-state index contributed by atoms with van der Waals surface area (Å²) in [5.41, 5.74) is 1.40. The standard InChI is InChI=1S/C10H9FN2O/c1-13-9(6-10(14)12-13)7-2-4-8(11)5-3-7/h2-6H,1H3,(H,12,14). The first-order chi connectivity index (χ1) is 6.66. The van der Waals surface area contributed by atoms with Crippen molar-refractivity contribution in [2.75, 3.05) is 0 Å². The number of halogens is 1. The Morgan fingerprint density at radius 2 is 1.93 bits per heavy atom. The minimum absolute atomic E-state index is 0.160. The first-order valence-corrected chi connectivity index (χ1v) is 4.19. The Balaban J connectivity index is 2.54. The zero-order valence-electron chi connectivity index (χ0n) is 7.62. The second kappa shape index (κ2) is 3.14. The second-order valence-electron chi connectivity index (χ2n) is 3.07. The van der Waals surface area contributed by atoms with Crippen LogP contribution in [0.15, 0.2) is 35.1 Å². The molecular weight excluding hydrogens is 183 g/mol. The molecule has 0 saturated heterocycles. The van der Waals surface area contributed by atoms with E-state index in [9.17, 15) is 9.18 Å². The number of nitrogens with zero attached hydrogens (tertiary/aromatic N) is 1. The van der Waals surface area contributed by atoms with Gasteiger partial charge in [-0.05, 0) is 24.3 Å². The Morgan fingerprint density at radius 1 is 1.29 bits per heavy atom. The van der Waals surface area contributed by atoms with Crippen molar-refractivity contribution in [2.45, 2.75) is 0 Å². The van der Waals surface area contributed by atoms with Gasteiger partial charge in [-0.1, -0.05) is 0 Å². The van der Waals surface area contributed by atoms with Crippen molar-refractivity contribution in [3.63, 3.8) is 0 Å². The highest BCUT2D eigenvalue weighted by Gasteiger charge is 2.03. The van der Waals surface area contributed by atoms with E-state index in [1.807, 2.05) is 0 Å². The van der Waals surface area contributed by atoms with Crippen LogP contribution in [-0.4, -0.2) is 9.78 Å². The number of rotatable bonds is 1. The smallest absolute Gasteiger partial charge is 0.264 e. The third-order valence-electron chi connectivity index (χ3n) is 2.05. The Labute approximate surface area is 79.8 Å². The number of hydrogen-bond acceptors (Lipinski definition) is 1. The molecule has 1 aromatic heterocycles. The van der Waals surface area contributed by atoms with Crippen LogP contribution in [0.1, 0.15) is 0 Å². The molecule has 1 heterocycles. The average molecular weight is 192 g/mol. The monoisotopic (exact) mass is 192 g/mol. The molecule has 0 aliphatic heterocycles. The molecule has 3 nitrogen and oxygen atoms in total. The molecular formula is C10H9FN2O. The molecule has 4 heteroatoms. The van der Waals surface area contributed by atoms with Gasteiger partial charge in [-0.2, -0.15) is 0 Å². The molecule has 14 heavy (non-hydrogen) atoms. The lowest BCUT2D eigenvalue weighted by Gasteiger charge is -2.01. The van der Waals surface area contributed by atoms with Crippen molar-refractivity contribution in [3.8, 4) is 11.3 Å². The molecule has 0 unspecified atom stereocenters. The van der Waals surface area contributed by atoms with Gasteiger partial charge in [-0.25, -0.2) is 4.39 Å². The van der Waals surface area contributed by atoms with E-state index >= 15 is 0 Å². The first-order valence-electron chi connectivity index (χ1n) is 4.19. The molecule has 0 radical (unpaired) electrons. The van der Waals surface area contributed by atoms with Gasteiger partial charge in [0.2, 0.25) is 0 Å². The van der Waals surface area contributed by atoms with Gasteiger partial charge < -0.3 is 0 Å². The van der Waals surface area contributed by atoms with Gasteiger partial charge in [0.05, 0.1) is 5.69 Å². The molecule has 0 fully saturated rings. The topological polar surface area (TPSA) is 37.8 Å². The van der Waals surface area contributed by atoms with Crippen LogP contribution in [0.4, 0.5) is 4.39 Å². The Kier molecular flexibility index (Phi) is 1.96. The summed E-state index contributed by atoms with van der Waals surface area (Å²) < 4.78 is 14.2. The largest absolute Gasteiger partial charge is 0.288 e. The van der Waals surface area contributed by atoms with E-state index < -0.39 is 0 Å². The van der Waals surface area contributed by atoms with Gasteiger partial charge in [-0.15, -0.1) is 0 Å². The van der Waals surface area contributed by atoms with E-state index in [1.165, 1.54) is 18.2 Å². The maximum atomic E-state index is 12.6. The summed E-state index contributed by atoms with van der Waals surface area (Å²) in [7, 11) is 1.74. The van der Waals surface area contributed by atoms with Crippen LogP contribution >= 0.6 is 0 Å². The van der Waals surface area contributed by atoms with E-state index in [0.717, 1.165) is 11.3 Å². The normalized spacial score (nSPS) is 10.4. The number of hydrogen-bond donors (Lipinski definition) is 1. The molecule has 0 spiro atoms. The summed E-state index contributed by atoms with van der Waals surface area (Å²) in [4.78, 5) is 11.0. The summed E-state index contributed by atoms with van der Waals surface area (Å²) in [5.74, 6) is -0.283. The Hall–Kier alpha value is -1.84. The zero-order valence-corrected chi connectivity index (χ0v) is 7.62. The summed E-state index contributed by atoms with van der Waals surface area (Å²) >= 11 is 0. The molecule has 2 aromatic rings. The number of aryl methyl sites for hydroxylation is 1. The summed E-state index contributed by atoms with van der Waals surface area (Å²) in [5, 5.41) is 2.59. The molecule has 0 atom stereocenters. The maximum Gasteiger partial charge on any atom is 0.264 e. The third-order valence-corrected chi connectivity index (χ3v) is 2.05. The van der Waals surface area contributed by atoms with Crippen LogP contribution in [0.3, 0.4) is 0 Å². The van der Waals surface area contributed by atoms with Crippen LogP contribution in [0, 0.1) is 5.82 Å². The molecule has 0 bridgehead atoms. The van der Waals surface area contributed by atoms with Crippen LogP contribution < -0.4 is 5.56 Å². The Morgan fingerprint density at radius 3 is 2.43 bits per heavy atom. The highest BCUT2D eigenvalue weighted by Crippen LogP contribution is 2.16. The number of aromatic amines is 1. The van der Waals surface area contributed by atoms with Gasteiger partial charge in [0, 0.05) is 18.7 Å². The first kappa shape index (κ1) is 8.74. The van der Waals surface area contributed by atoms with Gasteiger partial charge in [-0.3, -0.25) is 14.6 Å². The minimum Gasteiger partial charge on any atom is -0.288 e. The van der Waals surface area contributed by atoms with E-state index in [4.69, 9.17) is 0 Å². The summed E-state index contributed by atoms with van der Waals surface area (Å²) in [6, 6.07) is 7.49. The molecule has 2 rings (SSSR count). The lowest BCUT2D eigenvalue weighted by Crippen LogP contribution is -2.00. The summed E-state index contributed by atoms with van der Waals surface area (Å²) in [6.07, 6.45) is 0. The van der Waals surface area contributed by atoms with Crippen LogP contribution in [-0.2, 0) is 7.05 Å². The fourth-order valence-corrected chi connectivity index (χ4v) is 1.38. The van der Waals surface area contributed by atoms with Crippen LogP contribution in [0.5, 0.6) is 0 Å². The second-order valence-corrected chi connectivity index (χ2v) is 3.07. The van der Waals surface area contributed by atoms with Crippen LogP contribution in [0.2, 0.25) is 0 Å². The Bertz CT molecular complexity index is 496. The van der Waals surface area contributed by atoms with Crippen molar-refractivity contribution in [1.82, 2.24) is 9.78 Å². The highest BCUT2D eigenvalue weighted by atomic mass is 19.1. The lowest BCUT2D eigenvalue weighted by atomic mass is 10.1. The molecule has 0 saturated carbocycles. The molecule has 72 valence electrons. The predicted octanol–water partition coefficient (Wildman–Crippen LogP) is 1.52. The van der Waals surface area contributed by atoms with Crippen molar-refractivity contribution in [1.29, 1.82) is 0 Å². The molecule has 0 amide bonds. The fraction of sp³-hybridized carbons (Fsp3) is 0.100. The van der Waals surface area contributed by atoms with E-state index in [1.54, 1.807) is 23.9 Å². The quantitative estimate of drug-likeness (QED) is 0.730. The van der Waals surface area contributed by atoms with Crippen molar-refractivity contribution >= 4 is 0 Å². The number of benzene rings is 1. The highest BCUT2D eigenvalue weighted by molar-refractivity contribution is 5.58. The minimum atomic E-state index is -0.283. The zero-order chi connectivity index (χ0) is 10.1.